The van der Waals surface area contributed by atoms with E-state index in [0.29, 0.717) is 17.3 Å². The van der Waals surface area contributed by atoms with Crippen molar-refractivity contribution in [2.75, 3.05) is 11.9 Å². The molecule has 7 heteroatoms. The van der Waals surface area contributed by atoms with Crippen molar-refractivity contribution < 1.29 is 9.45 Å². The SMILES string of the molecule is Cc1noc(C)c1CCCNc1ccc([N+](=O)[O-])cc1Cl. The van der Waals surface area contributed by atoms with Gasteiger partial charge in [-0.25, -0.2) is 0 Å². The van der Waals surface area contributed by atoms with Crippen LogP contribution >= 0.6 is 11.6 Å². The monoisotopic (exact) mass is 309 g/mol. The summed E-state index contributed by atoms with van der Waals surface area (Å²) < 4.78 is 5.11. The van der Waals surface area contributed by atoms with Gasteiger partial charge < -0.3 is 9.84 Å². The summed E-state index contributed by atoms with van der Waals surface area (Å²) in [7, 11) is 0. The van der Waals surface area contributed by atoms with Gasteiger partial charge in [0, 0.05) is 24.2 Å². The van der Waals surface area contributed by atoms with Crippen LogP contribution in [0.5, 0.6) is 0 Å². The highest BCUT2D eigenvalue weighted by Crippen LogP contribution is 2.26. The second-order valence-corrected chi connectivity index (χ2v) is 5.16. The van der Waals surface area contributed by atoms with Crippen LogP contribution in [0.4, 0.5) is 11.4 Å². The molecule has 0 spiro atoms. The Bertz CT molecular complexity index is 635. The molecule has 1 aromatic carbocycles. The zero-order valence-corrected chi connectivity index (χ0v) is 12.6. The first kappa shape index (κ1) is 15.3. The fourth-order valence-electron chi connectivity index (χ4n) is 2.11. The van der Waals surface area contributed by atoms with Crippen molar-refractivity contribution in [1.82, 2.24) is 5.16 Å². The molecule has 2 rings (SSSR count). The van der Waals surface area contributed by atoms with Gasteiger partial charge in [-0.15, -0.1) is 0 Å². The molecule has 0 saturated heterocycles. The summed E-state index contributed by atoms with van der Waals surface area (Å²) in [5.74, 6) is 0.848. The molecule has 21 heavy (non-hydrogen) atoms. The lowest BCUT2D eigenvalue weighted by molar-refractivity contribution is -0.384. The van der Waals surface area contributed by atoms with Gasteiger partial charge >= 0.3 is 0 Å². The van der Waals surface area contributed by atoms with Gasteiger partial charge in [-0.3, -0.25) is 10.1 Å². The van der Waals surface area contributed by atoms with E-state index in [0.717, 1.165) is 29.9 Å². The smallest absolute Gasteiger partial charge is 0.271 e. The molecule has 0 atom stereocenters. The zero-order valence-electron chi connectivity index (χ0n) is 11.9. The molecule has 0 saturated carbocycles. The third-order valence-electron chi connectivity index (χ3n) is 3.26. The second-order valence-electron chi connectivity index (χ2n) is 4.75. The predicted octanol–water partition coefficient (Wildman–Crippen LogP) is 3.90. The maximum Gasteiger partial charge on any atom is 0.271 e. The van der Waals surface area contributed by atoms with Crippen molar-refractivity contribution in [3.05, 3.63) is 50.4 Å². The van der Waals surface area contributed by atoms with Crippen LogP contribution in [0.25, 0.3) is 0 Å². The number of nitrogens with one attached hydrogen (secondary N) is 1. The quantitative estimate of drug-likeness (QED) is 0.497. The summed E-state index contributed by atoms with van der Waals surface area (Å²) in [5.41, 5.74) is 2.73. The van der Waals surface area contributed by atoms with Crippen LogP contribution in [0.2, 0.25) is 5.02 Å². The number of hydrogen-bond donors (Lipinski definition) is 1. The highest BCUT2D eigenvalue weighted by molar-refractivity contribution is 6.33. The third kappa shape index (κ3) is 3.72. The maximum absolute atomic E-state index is 10.6. The Kier molecular flexibility index (Phi) is 4.80. The van der Waals surface area contributed by atoms with E-state index in [1.165, 1.54) is 12.1 Å². The number of aryl methyl sites for hydroxylation is 2. The fourth-order valence-corrected chi connectivity index (χ4v) is 2.35. The van der Waals surface area contributed by atoms with Crippen LogP contribution < -0.4 is 5.32 Å². The first-order valence-corrected chi connectivity index (χ1v) is 6.96. The minimum atomic E-state index is -0.465. The van der Waals surface area contributed by atoms with Gasteiger partial charge in [0.2, 0.25) is 0 Å². The molecular weight excluding hydrogens is 294 g/mol. The van der Waals surface area contributed by atoms with Gasteiger partial charge in [0.15, 0.2) is 0 Å². The summed E-state index contributed by atoms with van der Waals surface area (Å²) in [6.45, 7) is 4.53. The van der Waals surface area contributed by atoms with Crippen LogP contribution in [-0.4, -0.2) is 16.6 Å². The topological polar surface area (TPSA) is 81.2 Å². The van der Waals surface area contributed by atoms with Crippen LogP contribution in [0, 0.1) is 24.0 Å². The van der Waals surface area contributed by atoms with E-state index in [4.69, 9.17) is 16.1 Å². The fraction of sp³-hybridized carbons (Fsp3) is 0.357. The summed E-state index contributed by atoms with van der Waals surface area (Å²) in [6, 6.07) is 4.40. The Morgan fingerprint density at radius 2 is 2.19 bits per heavy atom. The average molecular weight is 310 g/mol. The van der Waals surface area contributed by atoms with Crippen molar-refractivity contribution in [3.8, 4) is 0 Å². The molecule has 0 aliphatic heterocycles. The highest BCUT2D eigenvalue weighted by atomic mass is 35.5. The Balaban J connectivity index is 1.88. The minimum absolute atomic E-state index is 0.0127. The lowest BCUT2D eigenvalue weighted by atomic mass is 10.1. The van der Waals surface area contributed by atoms with Crippen LogP contribution in [0.1, 0.15) is 23.4 Å². The number of rotatable bonds is 6. The molecule has 0 amide bonds. The van der Waals surface area contributed by atoms with Crippen molar-refractivity contribution in [3.63, 3.8) is 0 Å². The van der Waals surface area contributed by atoms with Gasteiger partial charge in [0.1, 0.15) is 5.76 Å². The minimum Gasteiger partial charge on any atom is -0.384 e. The number of nitro groups is 1. The first-order chi connectivity index (χ1) is 9.99. The number of benzene rings is 1. The Morgan fingerprint density at radius 3 is 2.76 bits per heavy atom. The number of nitro benzene ring substituents is 1. The Hall–Kier alpha value is -2.08. The first-order valence-electron chi connectivity index (χ1n) is 6.58. The number of aromatic nitrogens is 1. The van der Waals surface area contributed by atoms with E-state index in [-0.39, 0.29) is 5.69 Å². The van der Waals surface area contributed by atoms with Crippen molar-refractivity contribution in [2.24, 2.45) is 0 Å². The van der Waals surface area contributed by atoms with Gasteiger partial charge in [-0.1, -0.05) is 16.8 Å². The lowest BCUT2D eigenvalue weighted by Gasteiger charge is -2.08. The molecular formula is C14H16ClN3O3. The zero-order chi connectivity index (χ0) is 15.4. The van der Waals surface area contributed by atoms with Gasteiger partial charge in [0.05, 0.1) is 21.3 Å². The predicted molar refractivity (Wildman–Crippen MR) is 80.9 cm³/mol. The molecule has 0 aliphatic carbocycles. The molecule has 0 bridgehead atoms. The molecule has 112 valence electrons. The number of nitrogens with zero attached hydrogens (tertiary/aromatic N) is 2. The standard InChI is InChI=1S/C14H16ClN3O3/c1-9-12(10(2)21-17-9)4-3-7-16-14-6-5-11(18(19)20)8-13(14)15/h5-6,8,16H,3-4,7H2,1-2H3. The molecule has 1 aromatic heterocycles. The van der Waals surface area contributed by atoms with E-state index in [1.807, 2.05) is 13.8 Å². The van der Waals surface area contributed by atoms with Crippen LogP contribution in [0.15, 0.2) is 22.7 Å². The molecule has 1 heterocycles. The lowest BCUT2D eigenvalue weighted by Crippen LogP contribution is -2.04. The van der Waals surface area contributed by atoms with Crippen LogP contribution in [0.3, 0.4) is 0 Å². The van der Waals surface area contributed by atoms with Crippen molar-refractivity contribution in [1.29, 1.82) is 0 Å². The maximum atomic E-state index is 10.6. The Morgan fingerprint density at radius 1 is 1.43 bits per heavy atom. The van der Waals surface area contributed by atoms with E-state index in [1.54, 1.807) is 6.07 Å². The molecule has 6 nitrogen and oxygen atoms in total. The van der Waals surface area contributed by atoms with Gasteiger partial charge in [0.25, 0.3) is 5.69 Å². The molecule has 0 unspecified atom stereocenters. The average Bonchev–Trinajstić information content (AvgIpc) is 2.76. The number of anilines is 1. The van der Waals surface area contributed by atoms with E-state index in [2.05, 4.69) is 10.5 Å². The van der Waals surface area contributed by atoms with E-state index >= 15 is 0 Å². The summed E-state index contributed by atoms with van der Waals surface area (Å²) in [4.78, 5) is 10.2. The van der Waals surface area contributed by atoms with Gasteiger partial charge in [-0.05, 0) is 32.8 Å². The van der Waals surface area contributed by atoms with E-state index in [9.17, 15) is 10.1 Å². The number of non-ortho nitro benzene ring substituents is 1. The number of halogens is 1. The molecule has 0 aliphatic rings. The highest BCUT2D eigenvalue weighted by Gasteiger charge is 2.10. The van der Waals surface area contributed by atoms with Gasteiger partial charge in [-0.2, -0.15) is 0 Å². The van der Waals surface area contributed by atoms with Crippen molar-refractivity contribution >= 4 is 23.0 Å². The van der Waals surface area contributed by atoms with Crippen molar-refractivity contribution in [2.45, 2.75) is 26.7 Å². The molecule has 0 radical (unpaired) electrons. The molecule has 2 aromatic rings. The largest absolute Gasteiger partial charge is 0.384 e. The summed E-state index contributed by atoms with van der Waals surface area (Å²) in [5, 5.41) is 18.1. The third-order valence-corrected chi connectivity index (χ3v) is 3.58. The normalized spacial score (nSPS) is 10.6. The number of hydrogen-bond acceptors (Lipinski definition) is 5. The van der Waals surface area contributed by atoms with Crippen LogP contribution in [-0.2, 0) is 6.42 Å². The summed E-state index contributed by atoms with van der Waals surface area (Å²) >= 11 is 6.01. The molecule has 1 N–H and O–H groups in total. The van der Waals surface area contributed by atoms with E-state index < -0.39 is 4.92 Å². The summed E-state index contributed by atoms with van der Waals surface area (Å²) in [6.07, 6.45) is 1.75. The molecule has 0 fully saturated rings. The Labute approximate surface area is 127 Å². The second kappa shape index (κ2) is 6.58.